The van der Waals surface area contributed by atoms with Gasteiger partial charge < -0.3 is 10.6 Å². The molecule has 0 bridgehead atoms. The molecule has 4 rings (SSSR count). The van der Waals surface area contributed by atoms with Crippen molar-refractivity contribution in [3.8, 4) is 0 Å². The van der Waals surface area contributed by atoms with Gasteiger partial charge in [0.15, 0.2) is 0 Å². The second-order valence-electron chi connectivity index (χ2n) is 7.08. The minimum atomic E-state index is -0.783. The Morgan fingerprint density at radius 1 is 0.700 bits per heavy atom. The van der Waals surface area contributed by atoms with Gasteiger partial charge in [-0.3, -0.25) is 9.59 Å². The lowest BCUT2D eigenvalue weighted by Crippen LogP contribution is -2.37. The number of benzene rings is 4. The van der Waals surface area contributed by atoms with E-state index in [1.54, 1.807) is 0 Å². The monoisotopic (exact) mass is 394 g/mol. The number of carbonyl (C=O) groups excluding carboxylic acids is 2. The highest BCUT2D eigenvalue weighted by Crippen LogP contribution is 2.20. The van der Waals surface area contributed by atoms with Crippen LogP contribution in [0.1, 0.15) is 17.2 Å². The highest BCUT2D eigenvalue weighted by atomic mass is 16.2. The zero-order chi connectivity index (χ0) is 20.8. The van der Waals surface area contributed by atoms with Crippen LogP contribution in [0, 0.1) is 0 Å². The Bertz CT molecular complexity index is 1150. The van der Waals surface area contributed by atoms with E-state index in [4.69, 9.17) is 0 Å². The third-order valence-electron chi connectivity index (χ3n) is 4.97. The Balaban J connectivity index is 1.55. The van der Waals surface area contributed by atoms with Crippen LogP contribution >= 0.6 is 0 Å². The smallest absolute Gasteiger partial charge is 0.251 e. The lowest BCUT2D eigenvalue weighted by atomic mass is 10.0. The second kappa shape index (κ2) is 9.05. The quantitative estimate of drug-likeness (QED) is 0.490. The molecule has 4 aromatic carbocycles. The SMILES string of the molecule is O=C(Cc1cccc2ccccc12)NC(C(=O)Nc1ccccc1)c1ccccc1. The van der Waals surface area contributed by atoms with E-state index in [2.05, 4.69) is 10.6 Å². The zero-order valence-electron chi connectivity index (χ0n) is 16.4. The Morgan fingerprint density at radius 2 is 1.33 bits per heavy atom. The number of para-hydroxylation sites is 1. The maximum Gasteiger partial charge on any atom is 0.251 e. The first kappa shape index (κ1) is 19.4. The first-order chi connectivity index (χ1) is 14.7. The van der Waals surface area contributed by atoms with E-state index in [1.165, 1.54) is 0 Å². The van der Waals surface area contributed by atoms with Gasteiger partial charge in [0, 0.05) is 5.69 Å². The first-order valence-corrected chi connectivity index (χ1v) is 9.87. The highest BCUT2D eigenvalue weighted by molar-refractivity contribution is 5.98. The summed E-state index contributed by atoms with van der Waals surface area (Å²) in [5.41, 5.74) is 2.35. The number of fused-ring (bicyclic) bond motifs is 1. The van der Waals surface area contributed by atoms with E-state index < -0.39 is 6.04 Å². The molecular formula is C26H22N2O2. The fourth-order valence-corrected chi connectivity index (χ4v) is 3.51. The van der Waals surface area contributed by atoms with Gasteiger partial charge in [-0.15, -0.1) is 0 Å². The van der Waals surface area contributed by atoms with Crippen LogP contribution in [-0.2, 0) is 16.0 Å². The molecule has 148 valence electrons. The van der Waals surface area contributed by atoms with Crippen LogP contribution in [0.2, 0.25) is 0 Å². The molecule has 1 unspecified atom stereocenters. The molecule has 0 spiro atoms. The molecule has 4 aromatic rings. The van der Waals surface area contributed by atoms with E-state index in [1.807, 2.05) is 103 Å². The summed E-state index contributed by atoms with van der Waals surface area (Å²) in [7, 11) is 0. The predicted molar refractivity (Wildman–Crippen MR) is 120 cm³/mol. The first-order valence-electron chi connectivity index (χ1n) is 9.87. The molecule has 0 aliphatic rings. The molecule has 0 saturated carbocycles. The molecule has 0 aliphatic carbocycles. The van der Waals surface area contributed by atoms with Gasteiger partial charge in [0.05, 0.1) is 6.42 Å². The average Bonchev–Trinajstić information content (AvgIpc) is 2.79. The van der Waals surface area contributed by atoms with Crippen LogP contribution in [0.3, 0.4) is 0 Å². The third kappa shape index (κ3) is 4.55. The van der Waals surface area contributed by atoms with E-state index in [9.17, 15) is 9.59 Å². The molecule has 1 atom stereocenters. The number of amides is 2. The highest BCUT2D eigenvalue weighted by Gasteiger charge is 2.23. The maximum atomic E-state index is 13.0. The van der Waals surface area contributed by atoms with Crippen LogP contribution in [-0.4, -0.2) is 11.8 Å². The molecule has 0 radical (unpaired) electrons. The fourth-order valence-electron chi connectivity index (χ4n) is 3.51. The van der Waals surface area contributed by atoms with Crippen molar-refractivity contribution in [1.29, 1.82) is 0 Å². The average molecular weight is 394 g/mol. The summed E-state index contributed by atoms with van der Waals surface area (Å²) in [5, 5.41) is 7.93. The normalized spacial score (nSPS) is 11.6. The van der Waals surface area contributed by atoms with Crippen LogP contribution < -0.4 is 10.6 Å². The molecule has 30 heavy (non-hydrogen) atoms. The van der Waals surface area contributed by atoms with Gasteiger partial charge in [-0.1, -0.05) is 91.0 Å². The van der Waals surface area contributed by atoms with Crippen molar-refractivity contribution < 1.29 is 9.59 Å². The maximum absolute atomic E-state index is 13.0. The summed E-state index contributed by atoms with van der Waals surface area (Å²) < 4.78 is 0. The summed E-state index contributed by atoms with van der Waals surface area (Å²) in [6, 6.07) is 31.6. The van der Waals surface area contributed by atoms with Gasteiger partial charge in [0.2, 0.25) is 5.91 Å². The molecular weight excluding hydrogens is 372 g/mol. The minimum absolute atomic E-state index is 0.198. The summed E-state index contributed by atoms with van der Waals surface area (Å²) >= 11 is 0. The Morgan fingerprint density at radius 3 is 2.10 bits per heavy atom. The van der Waals surface area contributed by atoms with Crippen molar-refractivity contribution in [1.82, 2.24) is 5.32 Å². The lowest BCUT2D eigenvalue weighted by molar-refractivity contribution is -0.126. The van der Waals surface area contributed by atoms with Crippen LogP contribution in [0.25, 0.3) is 10.8 Å². The lowest BCUT2D eigenvalue weighted by Gasteiger charge is -2.19. The zero-order valence-corrected chi connectivity index (χ0v) is 16.4. The number of anilines is 1. The van der Waals surface area contributed by atoms with Gasteiger partial charge >= 0.3 is 0 Å². The standard InChI is InChI=1S/C26H22N2O2/c29-24(18-21-14-9-13-19-10-7-8-17-23(19)21)28-25(20-11-3-1-4-12-20)26(30)27-22-15-5-2-6-16-22/h1-17,25H,18H2,(H,27,30)(H,28,29). The van der Waals surface area contributed by atoms with Crippen molar-refractivity contribution in [2.45, 2.75) is 12.5 Å². The third-order valence-corrected chi connectivity index (χ3v) is 4.97. The summed E-state index contributed by atoms with van der Waals surface area (Å²) in [4.78, 5) is 25.9. The summed E-state index contributed by atoms with van der Waals surface area (Å²) in [6.07, 6.45) is 0.198. The van der Waals surface area contributed by atoms with E-state index in [-0.39, 0.29) is 18.2 Å². The molecule has 2 N–H and O–H groups in total. The van der Waals surface area contributed by atoms with Crippen molar-refractivity contribution in [2.75, 3.05) is 5.32 Å². The number of hydrogen-bond donors (Lipinski definition) is 2. The molecule has 0 aromatic heterocycles. The van der Waals surface area contributed by atoms with Gasteiger partial charge in [-0.05, 0) is 34.0 Å². The van der Waals surface area contributed by atoms with Crippen LogP contribution in [0.4, 0.5) is 5.69 Å². The second-order valence-corrected chi connectivity index (χ2v) is 7.08. The minimum Gasteiger partial charge on any atom is -0.340 e. The molecule has 2 amide bonds. The Hall–Kier alpha value is -3.92. The van der Waals surface area contributed by atoms with Crippen molar-refractivity contribution in [3.63, 3.8) is 0 Å². The summed E-state index contributed by atoms with van der Waals surface area (Å²) in [6.45, 7) is 0. The van der Waals surface area contributed by atoms with Gasteiger partial charge in [-0.25, -0.2) is 0 Å². The van der Waals surface area contributed by atoms with Crippen LogP contribution in [0.5, 0.6) is 0 Å². The van der Waals surface area contributed by atoms with Crippen LogP contribution in [0.15, 0.2) is 103 Å². The predicted octanol–water partition coefficient (Wildman–Crippen LogP) is 4.88. The number of rotatable bonds is 6. The van der Waals surface area contributed by atoms with Gasteiger partial charge in [0.1, 0.15) is 6.04 Å². The van der Waals surface area contributed by atoms with E-state index in [0.29, 0.717) is 5.69 Å². The molecule has 4 heteroatoms. The number of nitrogens with one attached hydrogen (secondary N) is 2. The van der Waals surface area contributed by atoms with Crippen molar-refractivity contribution in [2.24, 2.45) is 0 Å². The Labute approximate surface area is 175 Å². The van der Waals surface area contributed by atoms with Gasteiger partial charge in [-0.2, -0.15) is 0 Å². The van der Waals surface area contributed by atoms with E-state index >= 15 is 0 Å². The largest absolute Gasteiger partial charge is 0.340 e. The molecule has 0 aliphatic heterocycles. The molecule has 4 nitrogen and oxygen atoms in total. The molecule has 0 fully saturated rings. The topological polar surface area (TPSA) is 58.2 Å². The van der Waals surface area contributed by atoms with Crippen molar-refractivity contribution in [3.05, 3.63) is 114 Å². The van der Waals surface area contributed by atoms with E-state index in [0.717, 1.165) is 21.9 Å². The van der Waals surface area contributed by atoms with Crippen molar-refractivity contribution >= 4 is 28.3 Å². The number of carbonyl (C=O) groups is 2. The molecule has 0 saturated heterocycles. The Kier molecular flexibility index (Phi) is 5.85. The fraction of sp³-hybridized carbons (Fsp3) is 0.0769. The summed E-state index contributed by atoms with van der Waals surface area (Å²) in [5.74, 6) is -0.484. The van der Waals surface area contributed by atoms with Gasteiger partial charge in [0.25, 0.3) is 5.91 Å². The number of hydrogen-bond acceptors (Lipinski definition) is 2. The molecule has 0 heterocycles.